The molecular weight excluding hydrogens is 485 g/mol. The number of amides is 3. The van der Waals surface area contributed by atoms with Crippen molar-refractivity contribution in [2.75, 3.05) is 30.3 Å². The van der Waals surface area contributed by atoms with Crippen LogP contribution in [-0.4, -0.2) is 51.3 Å². The maximum atomic E-state index is 13.3. The van der Waals surface area contributed by atoms with E-state index in [9.17, 15) is 22.8 Å². The Morgan fingerprint density at radius 3 is 2.57 bits per heavy atom. The Bertz CT molecular complexity index is 1280. The van der Waals surface area contributed by atoms with Crippen LogP contribution in [0, 0.1) is 5.92 Å². The van der Waals surface area contributed by atoms with Crippen molar-refractivity contribution in [3.63, 3.8) is 0 Å². The number of rotatable bonds is 4. The largest absolute Gasteiger partial charge is 0.433 e. The number of aromatic nitrogens is 2. The third-order valence-electron chi connectivity index (χ3n) is 6.64. The molecule has 1 aromatic carbocycles. The van der Waals surface area contributed by atoms with Gasteiger partial charge in [-0.25, -0.2) is 14.8 Å². The number of alkyl halides is 3. The van der Waals surface area contributed by atoms with Gasteiger partial charge in [-0.05, 0) is 54.3 Å². The first-order chi connectivity index (χ1) is 17.8. The molecule has 4 heterocycles. The molecule has 0 bridgehead atoms. The minimum Gasteiger partial charge on any atom is -0.354 e. The molecule has 5 rings (SSSR count). The molecular formula is C26H25F3N6O2. The van der Waals surface area contributed by atoms with E-state index in [-0.39, 0.29) is 17.9 Å². The molecule has 2 aromatic heterocycles. The minimum absolute atomic E-state index is 0.0177. The molecule has 0 saturated carbocycles. The molecule has 1 fully saturated rings. The summed E-state index contributed by atoms with van der Waals surface area (Å²) < 4.78 is 38.4. The van der Waals surface area contributed by atoms with Crippen LogP contribution in [-0.2, 0) is 23.9 Å². The highest BCUT2D eigenvalue weighted by Crippen LogP contribution is 2.32. The molecule has 0 spiro atoms. The number of likely N-dealkylation sites (tertiary alicyclic amines) is 1. The van der Waals surface area contributed by atoms with Crippen molar-refractivity contribution in [2.24, 2.45) is 5.92 Å². The van der Waals surface area contributed by atoms with Gasteiger partial charge in [0.15, 0.2) is 0 Å². The van der Waals surface area contributed by atoms with E-state index in [1.807, 2.05) is 23.1 Å². The average molecular weight is 511 g/mol. The third kappa shape index (κ3) is 5.50. The van der Waals surface area contributed by atoms with Crippen molar-refractivity contribution >= 4 is 29.1 Å². The molecule has 2 N–H and O–H groups in total. The van der Waals surface area contributed by atoms with E-state index in [0.717, 1.165) is 29.1 Å². The summed E-state index contributed by atoms with van der Waals surface area (Å²) in [6.45, 7) is 1.80. The van der Waals surface area contributed by atoms with Crippen LogP contribution < -0.4 is 10.6 Å². The smallest absolute Gasteiger partial charge is 0.354 e. The van der Waals surface area contributed by atoms with E-state index in [2.05, 4.69) is 20.6 Å². The molecule has 8 nitrogen and oxygen atoms in total. The van der Waals surface area contributed by atoms with Crippen molar-refractivity contribution in [3.05, 3.63) is 77.7 Å². The number of fused-ring (bicyclic) bond motifs is 1. The summed E-state index contributed by atoms with van der Waals surface area (Å²) >= 11 is 0. The number of anilines is 3. The first-order valence-corrected chi connectivity index (χ1v) is 11.9. The normalized spacial score (nSPS) is 17.3. The SMILES string of the molecule is O=C(Nc1ccccn1)N1CCC(C(=O)N2CCc3c(cccc3Nc3ccc(C(F)(F)F)nc3)C2)C1. The zero-order valence-electron chi connectivity index (χ0n) is 19.8. The number of halogens is 3. The zero-order chi connectivity index (χ0) is 26.0. The summed E-state index contributed by atoms with van der Waals surface area (Å²) in [6.07, 6.45) is -0.521. The summed E-state index contributed by atoms with van der Waals surface area (Å²) in [7, 11) is 0. The standard InChI is InChI=1S/C26H25F3N6O2/c27-26(28,29)22-8-7-19(14-31-22)32-21-5-3-4-17-15-34(13-10-20(17)21)24(36)18-9-12-35(16-18)25(37)33-23-6-1-2-11-30-23/h1-8,11,14,18,32H,9-10,12-13,15-16H2,(H,30,33,37). The van der Waals surface area contributed by atoms with Gasteiger partial charge in [0, 0.05) is 38.1 Å². The van der Waals surface area contributed by atoms with Crippen LogP contribution in [0.15, 0.2) is 60.9 Å². The lowest BCUT2D eigenvalue weighted by atomic mass is 9.96. The van der Waals surface area contributed by atoms with E-state index < -0.39 is 11.9 Å². The number of urea groups is 1. The number of carbonyl (C=O) groups is 2. The van der Waals surface area contributed by atoms with Crippen LogP contribution in [0.4, 0.5) is 35.2 Å². The number of hydrogen-bond acceptors (Lipinski definition) is 5. The Balaban J connectivity index is 1.20. The molecule has 0 radical (unpaired) electrons. The second-order valence-corrected chi connectivity index (χ2v) is 9.08. The predicted octanol–water partition coefficient (Wildman–Crippen LogP) is 4.68. The molecule has 2 aliphatic rings. The quantitative estimate of drug-likeness (QED) is 0.532. The number of benzene rings is 1. The second kappa shape index (κ2) is 10.1. The third-order valence-corrected chi connectivity index (χ3v) is 6.64. The molecule has 3 amide bonds. The predicted molar refractivity (Wildman–Crippen MR) is 131 cm³/mol. The number of nitrogens with one attached hydrogen (secondary N) is 2. The topological polar surface area (TPSA) is 90.5 Å². The second-order valence-electron chi connectivity index (χ2n) is 9.08. The van der Waals surface area contributed by atoms with Crippen LogP contribution in [0.25, 0.3) is 0 Å². The van der Waals surface area contributed by atoms with Gasteiger partial charge in [-0.15, -0.1) is 0 Å². The Hall–Kier alpha value is -4.15. The summed E-state index contributed by atoms with van der Waals surface area (Å²) in [5, 5.41) is 5.91. The number of pyridine rings is 2. The average Bonchev–Trinajstić information content (AvgIpc) is 3.39. The summed E-state index contributed by atoms with van der Waals surface area (Å²) in [4.78, 5) is 36.9. The summed E-state index contributed by atoms with van der Waals surface area (Å²) in [5.74, 6) is 0.214. The molecule has 1 unspecified atom stereocenters. The van der Waals surface area contributed by atoms with Crippen molar-refractivity contribution in [1.82, 2.24) is 19.8 Å². The van der Waals surface area contributed by atoms with Crippen molar-refractivity contribution < 1.29 is 22.8 Å². The van der Waals surface area contributed by atoms with Gasteiger partial charge in [0.25, 0.3) is 0 Å². The minimum atomic E-state index is -4.49. The summed E-state index contributed by atoms with van der Waals surface area (Å²) in [6, 6.07) is 13.0. The van der Waals surface area contributed by atoms with E-state index in [1.165, 1.54) is 6.07 Å². The molecule has 0 aliphatic carbocycles. The number of hydrogen-bond donors (Lipinski definition) is 2. The Morgan fingerprint density at radius 2 is 1.84 bits per heavy atom. The molecule has 3 aromatic rings. The fourth-order valence-electron chi connectivity index (χ4n) is 4.74. The molecule has 1 atom stereocenters. The maximum Gasteiger partial charge on any atom is 0.433 e. The van der Waals surface area contributed by atoms with E-state index in [0.29, 0.717) is 50.5 Å². The van der Waals surface area contributed by atoms with Crippen LogP contribution >= 0.6 is 0 Å². The van der Waals surface area contributed by atoms with Crippen molar-refractivity contribution in [1.29, 1.82) is 0 Å². The van der Waals surface area contributed by atoms with Gasteiger partial charge in [0.05, 0.1) is 17.8 Å². The lowest BCUT2D eigenvalue weighted by Gasteiger charge is -2.32. The van der Waals surface area contributed by atoms with E-state index >= 15 is 0 Å². The van der Waals surface area contributed by atoms with Crippen LogP contribution in [0.2, 0.25) is 0 Å². The fourth-order valence-corrected chi connectivity index (χ4v) is 4.74. The van der Waals surface area contributed by atoms with E-state index in [4.69, 9.17) is 0 Å². The van der Waals surface area contributed by atoms with Crippen LogP contribution in [0.1, 0.15) is 23.2 Å². The molecule has 2 aliphatic heterocycles. The first-order valence-electron chi connectivity index (χ1n) is 11.9. The molecule has 192 valence electrons. The summed E-state index contributed by atoms with van der Waals surface area (Å²) in [5.41, 5.74) is 2.29. The lowest BCUT2D eigenvalue weighted by molar-refractivity contribution is -0.141. The fraction of sp³-hybridized carbons (Fsp3) is 0.308. The van der Waals surface area contributed by atoms with Gasteiger partial charge in [-0.1, -0.05) is 18.2 Å². The van der Waals surface area contributed by atoms with Gasteiger partial charge in [-0.2, -0.15) is 13.2 Å². The Labute approximate surface area is 211 Å². The molecule has 37 heavy (non-hydrogen) atoms. The maximum absolute atomic E-state index is 13.3. The first kappa shape index (κ1) is 24.5. The van der Waals surface area contributed by atoms with Crippen LogP contribution in [0.3, 0.4) is 0 Å². The molecule has 1 saturated heterocycles. The molecule has 11 heteroatoms. The van der Waals surface area contributed by atoms with Gasteiger partial charge < -0.3 is 15.1 Å². The Morgan fingerprint density at radius 1 is 0.973 bits per heavy atom. The van der Waals surface area contributed by atoms with E-state index in [1.54, 1.807) is 29.3 Å². The van der Waals surface area contributed by atoms with Gasteiger partial charge in [-0.3, -0.25) is 10.1 Å². The van der Waals surface area contributed by atoms with Crippen molar-refractivity contribution in [3.8, 4) is 0 Å². The van der Waals surface area contributed by atoms with Gasteiger partial charge in [0.2, 0.25) is 5.91 Å². The highest BCUT2D eigenvalue weighted by atomic mass is 19.4. The van der Waals surface area contributed by atoms with Crippen LogP contribution in [0.5, 0.6) is 0 Å². The Kier molecular flexibility index (Phi) is 6.68. The zero-order valence-corrected chi connectivity index (χ0v) is 19.8. The lowest BCUT2D eigenvalue weighted by Crippen LogP contribution is -2.41. The van der Waals surface area contributed by atoms with Crippen molar-refractivity contribution in [2.45, 2.75) is 25.6 Å². The highest BCUT2D eigenvalue weighted by Gasteiger charge is 2.35. The number of nitrogens with zero attached hydrogens (tertiary/aromatic N) is 4. The van der Waals surface area contributed by atoms with Gasteiger partial charge in [0.1, 0.15) is 11.5 Å². The number of carbonyl (C=O) groups excluding carboxylic acids is 2. The van der Waals surface area contributed by atoms with Gasteiger partial charge >= 0.3 is 12.2 Å². The monoisotopic (exact) mass is 510 g/mol. The highest BCUT2D eigenvalue weighted by molar-refractivity contribution is 5.89.